The molecule has 0 fully saturated rings. The maximum Gasteiger partial charge on any atom is 0.408 e. The second-order valence-corrected chi connectivity index (χ2v) is 9.66. The lowest BCUT2D eigenvalue weighted by molar-refractivity contribution is -0.171. The molecule has 1 aromatic carbocycles. The molecule has 1 heterocycles. The fraction of sp³-hybridized carbons (Fsp3) is 0.474. The number of ether oxygens (including phenoxy) is 1. The third kappa shape index (κ3) is 5.55. The zero-order valence-corrected chi connectivity index (χ0v) is 20.3. The molecule has 1 aliphatic heterocycles. The van der Waals surface area contributed by atoms with Crippen LogP contribution in [0.5, 0.6) is 0 Å². The van der Waals surface area contributed by atoms with Crippen LogP contribution in [0.25, 0.3) is 0 Å². The Kier molecular flexibility index (Phi) is 7.74. The van der Waals surface area contributed by atoms with Gasteiger partial charge in [-0.05, 0) is 33.1 Å². The molecular formula is C19H20Cl4N2O6. The maximum absolute atomic E-state index is 12.7. The highest BCUT2D eigenvalue weighted by molar-refractivity contribution is 6.55. The number of fused-ring (bicyclic) bond motifs is 1. The van der Waals surface area contributed by atoms with E-state index in [9.17, 15) is 19.2 Å². The summed E-state index contributed by atoms with van der Waals surface area (Å²) < 4.78 is 5.15. The van der Waals surface area contributed by atoms with E-state index in [0.717, 1.165) is 0 Å². The highest BCUT2D eigenvalue weighted by Crippen LogP contribution is 2.44. The molecule has 8 nitrogen and oxygen atoms in total. The van der Waals surface area contributed by atoms with Gasteiger partial charge in [0.1, 0.15) is 11.6 Å². The van der Waals surface area contributed by atoms with Crippen molar-refractivity contribution in [2.75, 3.05) is 0 Å². The Hall–Kier alpha value is -1.74. The first-order valence-electron chi connectivity index (χ1n) is 9.11. The number of hydrogen-bond acceptors (Lipinski definition) is 6. The second kappa shape index (κ2) is 9.40. The van der Waals surface area contributed by atoms with Crippen LogP contribution in [0.4, 0.5) is 4.79 Å². The summed E-state index contributed by atoms with van der Waals surface area (Å²) in [5, 5.41) is 1.57. The molecule has 12 heteroatoms. The van der Waals surface area contributed by atoms with Crippen molar-refractivity contribution >= 4 is 70.3 Å². The molecule has 0 saturated carbocycles. The summed E-state index contributed by atoms with van der Waals surface area (Å²) in [6.45, 7) is 8.59. The number of nitrogens with zero attached hydrogens (tertiary/aromatic N) is 1. The van der Waals surface area contributed by atoms with E-state index in [0.29, 0.717) is 0 Å². The van der Waals surface area contributed by atoms with E-state index in [1.165, 1.54) is 0 Å². The van der Waals surface area contributed by atoms with E-state index in [1.807, 2.05) is 13.8 Å². The number of rotatable bonds is 5. The molecule has 0 saturated heterocycles. The van der Waals surface area contributed by atoms with Crippen molar-refractivity contribution in [1.29, 1.82) is 0 Å². The molecule has 1 aromatic rings. The molecule has 0 spiro atoms. The van der Waals surface area contributed by atoms with E-state index < -0.39 is 35.5 Å². The van der Waals surface area contributed by atoms with Gasteiger partial charge in [-0.1, -0.05) is 65.3 Å². The van der Waals surface area contributed by atoms with Gasteiger partial charge in [-0.2, -0.15) is 0 Å². The Labute approximate surface area is 199 Å². The zero-order chi connectivity index (χ0) is 23.8. The van der Waals surface area contributed by atoms with Gasteiger partial charge in [0.15, 0.2) is 0 Å². The molecule has 1 unspecified atom stereocenters. The van der Waals surface area contributed by atoms with Crippen LogP contribution in [0.1, 0.15) is 61.8 Å². The standard InChI is InChI=1S/C19H20Cl4N2O6/c1-7(2)6-8(24-18(29)30-19(3,4)5)17(28)31-25-15(26)9-10(16(25)27)12(21)14(23)13(22)11(9)20/h7-8H,6H2,1-5H3,(H,24,29). The van der Waals surface area contributed by atoms with Gasteiger partial charge in [0.2, 0.25) is 0 Å². The lowest BCUT2D eigenvalue weighted by Gasteiger charge is -2.24. The normalized spacial score (nSPS) is 14.6. The number of imide groups is 1. The molecule has 3 amide bonds. The summed E-state index contributed by atoms with van der Waals surface area (Å²) in [5.41, 5.74) is -1.47. The van der Waals surface area contributed by atoms with Crippen molar-refractivity contribution in [1.82, 2.24) is 10.4 Å². The van der Waals surface area contributed by atoms with Crippen LogP contribution < -0.4 is 5.32 Å². The smallest absolute Gasteiger partial charge is 0.408 e. The lowest BCUT2D eigenvalue weighted by atomic mass is 10.0. The van der Waals surface area contributed by atoms with Crippen LogP contribution in [0.15, 0.2) is 0 Å². The number of hydrogen-bond donors (Lipinski definition) is 1. The van der Waals surface area contributed by atoms with Crippen molar-refractivity contribution in [3.8, 4) is 0 Å². The maximum atomic E-state index is 12.7. The first kappa shape index (κ1) is 25.5. The Morgan fingerprint density at radius 1 is 0.935 bits per heavy atom. The predicted octanol–water partition coefficient (Wildman–Crippen LogP) is 5.29. The number of benzene rings is 1. The number of alkyl carbamates (subject to hydrolysis) is 1. The van der Waals surface area contributed by atoms with Crippen LogP contribution in [0.3, 0.4) is 0 Å². The Morgan fingerprint density at radius 3 is 1.77 bits per heavy atom. The van der Waals surface area contributed by atoms with Crippen molar-refractivity contribution in [3.05, 3.63) is 31.2 Å². The fourth-order valence-electron chi connectivity index (χ4n) is 2.70. The molecule has 0 aromatic heterocycles. The molecule has 1 atom stereocenters. The van der Waals surface area contributed by atoms with Gasteiger partial charge >= 0.3 is 12.1 Å². The molecule has 0 radical (unpaired) electrons. The average molecular weight is 514 g/mol. The predicted molar refractivity (Wildman–Crippen MR) is 116 cm³/mol. The molecule has 31 heavy (non-hydrogen) atoms. The Morgan fingerprint density at radius 2 is 1.39 bits per heavy atom. The Bertz CT molecular complexity index is 911. The van der Waals surface area contributed by atoms with Gasteiger partial charge in [0.05, 0.1) is 31.2 Å². The zero-order valence-electron chi connectivity index (χ0n) is 17.3. The summed E-state index contributed by atoms with van der Waals surface area (Å²) >= 11 is 24.0. The van der Waals surface area contributed by atoms with E-state index in [-0.39, 0.29) is 48.6 Å². The highest BCUT2D eigenvalue weighted by atomic mass is 35.5. The minimum Gasteiger partial charge on any atom is -0.444 e. The van der Waals surface area contributed by atoms with Gasteiger partial charge in [-0.15, -0.1) is 0 Å². The number of carbonyl (C=O) groups is 4. The summed E-state index contributed by atoms with van der Waals surface area (Å²) in [5.74, 6) is -3.19. The van der Waals surface area contributed by atoms with Crippen LogP contribution >= 0.6 is 46.4 Å². The van der Waals surface area contributed by atoms with Crippen LogP contribution in [-0.4, -0.2) is 40.6 Å². The van der Waals surface area contributed by atoms with Crippen molar-refractivity contribution in [3.63, 3.8) is 0 Å². The number of hydroxylamine groups is 2. The number of halogens is 4. The van der Waals surface area contributed by atoms with Crippen molar-refractivity contribution in [2.24, 2.45) is 5.92 Å². The monoisotopic (exact) mass is 512 g/mol. The summed E-state index contributed by atoms with van der Waals surface area (Å²) in [6.07, 6.45) is -0.706. The molecule has 0 bridgehead atoms. The van der Waals surface area contributed by atoms with Gasteiger partial charge in [-0.3, -0.25) is 9.59 Å². The minimum atomic E-state index is -1.20. The Balaban J connectivity index is 2.28. The van der Waals surface area contributed by atoms with Gasteiger partial charge in [0.25, 0.3) is 11.8 Å². The molecule has 170 valence electrons. The summed E-state index contributed by atoms with van der Waals surface area (Å²) in [4.78, 5) is 55.3. The van der Waals surface area contributed by atoms with Gasteiger partial charge in [-0.25, -0.2) is 9.59 Å². The van der Waals surface area contributed by atoms with Crippen molar-refractivity contribution < 1.29 is 28.8 Å². The lowest BCUT2D eigenvalue weighted by Crippen LogP contribution is -2.47. The first-order chi connectivity index (χ1) is 14.2. The largest absolute Gasteiger partial charge is 0.444 e. The topological polar surface area (TPSA) is 102 Å². The van der Waals surface area contributed by atoms with Crippen LogP contribution in [0, 0.1) is 5.92 Å². The first-order valence-corrected chi connectivity index (χ1v) is 10.6. The van der Waals surface area contributed by atoms with Crippen LogP contribution in [0.2, 0.25) is 20.1 Å². The second-order valence-electron chi connectivity index (χ2n) is 8.15. The summed E-state index contributed by atoms with van der Waals surface area (Å²) in [6, 6.07) is -1.20. The van der Waals surface area contributed by atoms with E-state index in [4.69, 9.17) is 56.0 Å². The summed E-state index contributed by atoms with van der Waals surface area (Å²) in [7, 11) is 0. The third-order valence-electron chi connectivity index (χ3n) is 3.93. The molecule has 2 rings (SSSR count). The quantitative estimate of drug-likeness (QED) is 0.326. The van der Waals surface area contributed by atoms with Gasteiger partial charge < -0.3 is 14.9 Å². The molecule has 1 N–H and O–H groups in total. The minimum absolute atomic E-state index is 0.0452. The SMILES string of the molecule is CC(C)CC(NC(=O)OC(C)(C)C)C(=O)ON1C(=O)c2c(Cl)c(Cl)c(Cl)c(Cl)c2C1=O. The van der Waals surface area contributed by atoms with Gasteiger partial charge in [0, 0.05) is 0 Å². The van der Waals surface area contributed by atoms with E-state index in [1.54, 1.807) is 20.8 Å². The van der Waals surface area contributed by atoms with Crippen LogP contribution in [-0.2, 0) is 14.4 Å². The van der Waals surface area contributed by atoms with E-state index >= 15 is 0 Å². The molecular weight excluding hydrogens is 494 g/mol. The van der Waals surface area contributed by atoms with E-state index in [2.05, 4.69) is 5.32 Å². The average Bonchev–Trinajstić information content (AvgIpc) is 2.87. The third-order valence-corrected chi connectivity index (χ3v) is 5.73. The highest BCUT2D eigenvalue weighted by Gasteiger charge is 2.45. The van der Waals surface area contributed by atoms with Crippen molar-refractivity contribution in [2.45, 2.75) is 52.7 Å². The number of amides is 3. The molecule has 0 aliphatic carbocycles. The number of carbonyl (C=O) groups excluding carboxylic acids is 4. The number of nitrogens with one attached hydrogen (secondary N) is 1. The molecule has 1 aliphatic rings. The fourth-order valence-corrected chi connectivity index (χ4v) is 3.71.